The molecule has 0 saturated carbocycles. The Morgan fingerprint density at radius 1 is 1.17 bits per heavy atom. The van der Waals surface area contributed by atoms with Crippen LogP contribution in [-0.4, -0.2) is 29.2 Å². The van der Waals surface area contributed by atoms with Crippen LogP contribution in [0.1, 0.15) is 38.2 Å². The Balaban J connectivity index is 1.35. The van der Waals surface area contributed by atoms with Crippen molar-refractivity contribution in [3.05, 3.63) is 60.4 Å². The van der Waals surface area contributed by atoms with E-state index in [4.69, 9.17) is 4.42 Å². The third-order valence-electron chi connectivity index (χ3n) is 5.58. The fourth-order valence-electron chi connectivity index (χ4n) is 3.83. The summed E-state index contributed by atoms with van der Waals surface area (Å²) in [6.07, 6.45) is 6.92. The number of benzene rings is 1. The van der Waals surface area contributed by atoms with Crippen molar-refractivity contribution in [3.63, 3.8) is 0 Å². The fraction of sp³-hybridized carbons (Fsp3) is 0.375. The molecule has 0 aliphatic carbocycles. The van der Waals surface area contributed by atoms with Crippen LogP contribution in [0.5, 0.6) is 0 Å². The first-order chi connectivity index (χ1) is 14.7. The maximum absolute atomic E-state index is 12.8. The van der Waals surface area contributed by atoms with Crippen LogP contribution >= 0.6 is 0 Å². The number of hydrogen-bond donors (Lipinski definition) is 1. The van der Waals surface area contributed by atoms with E-state index in [1.807, 2.05) is 36.4 Å². The Hall–Kier alpha value is -3.15. The SMILES string of the molecule is CCCCc1ccc(NC(=O)C2CCCN(c3ccc(-c4ccco4)nn3)C2)cc1. The highest BCUT2D eigenvalue weighted by molar-refractivity contribution is 5.93. The summed E-state index contributed by atoms with van der Waals surface area (Å²) in [6, 6.07) is 15.8. The summed E-state index contributed by atoms with van der Waals surface area (Å²) in [5.41, 5.74) is 2.88. The zero-order chi connectivity index (χ0) is 20.8. The minimum absolute atomic E-state index is 0.0648. The van der Waals surface area contributed by atoms with Crippen molar-refractivity contribution in [2.45, 2.75) is 39.0 Å². The summed E-state index contributed by atoms with van der Waals surface area (Å²) in [5, 5.41) is 11.7. The number of rotatable bonds is 7. The summed E-state index contributed by atoms with van der Waals surface area (Å²) >= 11 is 0. The van der Waals surface area contributed by atoms with Gasteiger partial charge in [-0.05, 0) is 67.6 Å². The van der Waals surface area contributed by atoms with Crippen LogP contribution in [0.4, 0.5) is 11.5 Å². The molecule has 2 aromatic heterocycles. The molecule has 3 aromatic rings. The highest BCUT2D eigenvalue weighted by Crippen LogP contribution is 2.24. The van der Waals surface area contributed by atoms with Crippen molar-refractivity contribution in [1.82, 2.24) is 10.2 Å². The number of piperidine rings is 1. The Morgan fingerprint density at radius 3 is 2.73 bits per heavy atom. The Bertz CT molecular complexity index is 936. The average molecular weight is 405 g/mol. The molecule has 1 saturated heterocycles. The van der Waals surface area contributed by atoms with E-state index < -0.39 is 0 Å². The molecule has 156 valence electrons. The number of anilines is 2. The van der Waals surface area contributed by atoms with E-state index in [0.29, 0.717) is 18.0 Å². The highest BCUT2D eigenvalue weighted by atomic mass is 16.3. The van der Waals surface area contributed by atoms with Crippen molar-refractivity contribution < 1.29 is 9.21 Å². The van der Waals surface area contributed by atoms with E-state index in [9.17, 15) is 4.79 Å². The molecule has 1 amide bonds. The lowest BCUT2D eigenvalue weighted by molar-refractivity contribution is -0.120. The molecule has 6 heteroatoms. The Kier molecular flexibility index (Phi) is 6.42. The number of aromatic nitrogens is 2. The van der Waals surface area contributed by atoms with Gasteiger partial charge in [0.05, 0.1) is 12.2 Å². The first kappa shape index (κ1) is 20.1. The average Bonchev–Trinajstić information content (AvgIpc) is 3.34. The molecule has 1 unspecified atom stereocenters. The number of carbonyl (C=O) groups excluding carboxylic acids is 1. The van der Waals surface area contributed by atoms with Crippen molar-refractivity contribution in [2.75, 3.05) is 23.3 Å². The van der Waals surface area contributed by atoms with E-state index in [1.165, 1.54) is 18.4 Å². The van der Waals surface area contributed by atoms with E-state index in [-0.39, 0.29) is 11.8 Å². The number of amides is 1. The van der Waals surface area contributed by atoms with Crippen molar-refractivity contribution >= 4 is 17.4 Å². The summed E-state index contributed by atoms with van der Waals surface area (Å²) in [7, 11) is 0. The zero-order valence-electron chi connectivity index (χ0n) is 17.4. The fourth-order valence-corrected chi connectivity index (χ4v) is 3.83. The number of aryl methyl sites for hydroxylation is 1. The first-order valence-corrected chi connectivity index (χ1v) is 10.8. The lowest BCUT2D eigenvalue weighted by Crippen LogP contribution is -2.41. The number of hydrogen-bond acceptors (Lipinski definition) is 5. The maximum atomic E-state index is 12.8. The normalized spacial score (nSPS) is 16.4. The van der Waals surface area contributed by atoms with Crippen LogP contribution in [0.3, 0.4) is 0 Å². The lowest BCUT2D eigenvalue weighted by atomic mass is 9.97. The van der Waals surface area contributed by atoms with Gasteiger partial charge in [-0.3, -0.25) is 4.79 Å². The van der Waals surface area contributed by atoms with Crippen LogP contribution < -0.4 is 10.2 Å². The Labute approximate surface area is 177 Å². The number of unbranched alkanes of at least 4 members (excludes halogenated alkanes) is 1. The molecular weight excluding hydrogens is 376 g/mol. The van der Waals surface area contributed by atoms with Gasteiger partial charge in [0, 0.05) is 18.8 Å². The molecule has 1 aliphatic heterocycles. The summed E-state index contributed by atoms with van der Waals surface area (Å²) in [5.74, 6) is 1.50. The van der Waals surface area contributed by atoms with Crippen molar-refractivity contribution in [3.8, 4) is 11.5 Å². The molecule has 30 heavy (non-hydrogen) atoms. The second kappa shape index (κ2) is 9.57. The summed E-state index contributed by atoms with van der Waals surface area (Å²) in [4.78, 5) is 15.0. The highest BCUT2D eigenvalue weighted by Gasteiger charge is 2.27. The van der Waals surface area contributed by atoms with Gasteiger partial charge in [-0.15, -0.1) is 10.2 Å². The van der Waals surface area contributed by atoms with Crippen molar-refractivity contribution in [2.24, 2.45) is 5.92 Å². The molecule has 3 heterocycles. The van der Waals surface area contributed by atoms with E-state index >= 15 is 0 Å². The number of carbonyl (C=O) groups is 1. The third kappa shape index (κ3) is 4.87. The van der Waals surface area contributed by atoms with Gasteiger partial charge in [-0.25, -0.2) is 0 Å². The van der Waals surface area contributed by atoms with Crippen LogP contribution in [-0.2, 0) is 11.2 Å². The second-order valence-corrected chi connectivity index (χ2v) is 7.83. The van der Waals surface area contributed by atoms with Gasteiger partial charge in [0.15, 0.2) is 11.6 Å². The van der Waals surface area contributed by atoms with Gasteiger partial charge in [0.1, 0.15) is 5.69 Å². The van der Waals surface area contributed by atoms with Crippen LogP contribution in [0.15, 0.2) is 59.2 Å². The third-order valence-corrected chi connectivity index (χ3v) is 5.58. The molecule has 0 radical (unpaired) electrons. The number of furan rings is 1. The van der Waals surface area contributed by atoms with Crippen LogP contribution in [0.25, 0.3) is 11.5 Å². The maximum Gasteiger partial charge on any atom is 0.229 e. The molecule has 1 fully saturated rings. The molecule has 1 aliphatic rings. The number of nitrogens with one attached hydrogen (secondary N) is 1. The molecule has 1 aromatic carbocycles. The summed E-state index contributed by atoms with van der Waals surface area (Å²) < 4.78 is 5.37. The standard InChI is InChI=1S/C24H28N4O2/c1-2-3-6-18-9-11-20(12-10-18)25-24(29)19-7-4-15-28(17-19)23-14-13-21(26-27-23)22-8-5-16-30-22/h5,8-14,16,19H,2-4,6-7,15,17H2,1H3,(H,25,29). The quantitative estimate of drug-likeness (QED) is 0.604. The minimum atomic E-state index is -0.0648. The van der Waals surface area contributed by atoms with E-state index in [0.717, 1.165) is 37.3 Å². The second-order valence-electron chi connectivity index (χ2n) is 7.83. The van der Waals surface area contributed by atoms with E-state index in [2.05, 4.69) is 39.5 Å². The smallest absolute Gasteiger partial charge is 0.229 e. The van der Waals surface area contributed by atoms with Crippen LogP contribution in [0.2, 0.25) is 0 Å². The predicted molar refractivity (Wildman–Crippen MR) is 118 cm³/mol. The number of nitrogens with zero attached hydrogens (tertiary/aromatic N) is 3. The minimum Gasteiger partial charge on any atom is -0.463 e. The largest absolute Gasteiger partial charge is 0.463 e. The molecular formula is C24H28N4O2. The van der Waals surface area contributed by atoms with Gasteiger partial charge in [-0.1, -0.05) is 25.5 Å². The topological polar surface area (TPSA) is 71.3 Å². The molecule has 6 nitrogen and oxygen atoms in total. The van der Waals surface area contributed by atoms with Gasteiger partial charge < -0.3 is 14.6 Å². The molecule has 1 atom stereocenters. The predicted octanol–water partition coefficient (Wildman–Crippen LogP) is 4.93. The molecule has 1 N–H and O–H groups in total. The van der Waals surface area contributed by atoms with E-state index in [1.54, 1.807) is 6.26 Å². The Morgan fingerprint density at radius 2 is 2.03 bits per heavy atom. The van der Waals surface area contributed by atoms with Crippen molar-refractivity contribution in [1.29, 1.82) is 0 Å². The van der Waals surface area contributed by atoms with Gasteiger partial charge in [-0.2, -0.15) is 0 Å². The molecule has 4 rings (SSSR count). The molecule has 0 spiro atoms. The monoisotopic (exact) mass is 404 g/mol. The lowest BCUT2D eigenvalue weighted by Gasteiger charge is -2.32. The van der Waals surface area contributed by atoms with Crippen LogP contribution in [0, 0.1) is 5.92 Å². The van der Waals surface area contributed by atoms with Gasteiger partial charge in [0.25, 0.3) is 0 Å². The molecule has 0 bridgehead atoms. The zero-order valence-corrected chi connectivity index (χ0v) is 17.4. The summed E-state index contributed by atoms with van der Waals surface area (Å²) in [6.45, 7) is 3.72. The van der Waals surface area contributed by atoms with Gasteiger partial charge >= 0.3 is 0 Å². The first-order valence-electron chi connectivity index (χ1n) is 10.8. The van der Waals surface area contributed by atoms with Gasteiger partial charge in [0.2, 0.25) is 5.91 Å².